The largest absolute Gasteiger partial charge is 0.496 e. The number of carbonyl (C=O) groups excluding carboxylic acids is 3. The normalized spacial score (nSPS) is 18.7. The first-order chi connectivity index (χ1) is 14.1. The summed E-state index contributed by atoms with van der Waals surface area (Å²) in [6, 6.07) is 1.36. The van der Waals surface area contributed by atoms with E-state index < -0.39 is 17.7 Å². The lowest BCUT2D eigenvalue weighted by atomic mass is 9.85. The summed E-state index contributed by atoms with van der Waals surface area (Å²) >= 11 is 0. The maximum Gasteiger partial charge on any atom is 0.407 e. The minimum absolute atomic E-state index is 0.123. The number of nitrogens with one attached hydrogen (secondary N) is 3. The van der Waals surface area contributed by atoms with Gasteiger partial charge in [-0.15, -0.1) is 0 Å². The Balaban J connectivity index is 1.90. The molecule has 1 aliphatic carbocycles. The highest BCUT2D eigenvalue weighted by Gasteiger charge is 2.29. The van der Waals surface area contributed by atoms with Crippen LogP contribution in [0, 0.1) is 5.92 Å². The Bertz CT molecular complexity index is 777. The number of hydrogen-bond acceptors (Lipinski definition) is 8. The zero-order valence-electron chi connectivity index (χ0n) is 18.0. The molecule has 2 atom stereocenters. The third-order valence-corrected chi connectivity index (χ3v) is 4.57. The number of ether oxygens (including phenoxy) is 3. The molecule has 0 aromatic carbocycles. The van der Waals surface area contributed by atoms with E-state index in [-0.39, 0.29) is 29.2 Å². The van der Waals surface area contributed by atoms with Gasteiger partial charge in [-0.05, 0) is 40.0 Å². The molecule has 1 fully saturated rings. The van der Waals surface area contributed by atoms with E-state index in [2.05, 4.69) is 25.9 Å². The summed E-state index contributed by atoms with van der Waals surface area (Å²) in [6.07, 6.45) is 3.68. The van der Waals surface area contributed by atoms with E-state index in [4.69, 9.17) is 9.47 Å². The smallest absolute Gasteiger partial charge is 0.407 e. The summed E-state index contributed by atoms with van der Waals surface area (Å²) in [5, 5.41) is 2.84. The molecular weight excluding hydrogens is 392 g/mol. The van der Waals surface area contributed by atoms with Crippen molar-refractivity contribution in [2.45, 2.75) is 58.1 Å². The Kier molecular flexibility index (Phi) is 7.85. The molecule has 0 unspecified atom stereocenters. The molecular formula is C20H30N4O6. The number of alkyl carbamates (subject to hydrolysis) is 1. The van der Waals surface area contributed by atoms with Crippen LogP contribution in [0.25, 0.3) is 0 Å². The molecule has 1 saturated carbocycles. The van der Waals surface area contributed by atoms with Crippen LogP contribution in [-0.2, 0) is 14.3 Å². The summed E-state index contributed by atoms with van der Waals surface area (Å²) in [5.74, 6) is -0.452. The Morgan fingerprint density at radius 2 is 1.90 bits per heavy atom. The van der Waals surface area contributed by atoms with E-state index in [0.29, 0.717) is 12.2 Å². The molecule has 0 saturated heterocycles. The quantitative estimate of drug-likeness (QED) is 0.471. The molecule has 1 heterocycles. The van der Waals surface area contributed by atoms with E-state index in [1.807, 2.05) is 0 Å². The van der Waals surface area contributed by atoms with Crippen LogP contribution in [0.2, 0.25) is 0 Å². The summed E-state index contributed by atoms with van der Waals surface area (Å²) in [6.45, 7) is 5.41. The van der Waals surface area contributed by atoms with Crippen LogP contribution < -0.4 is 20.9 Å². The number of hydrazine groups is 1. The number of methoxy groups -OCH3 is 2. The van der Waals surface area contributed by atoms with Gasteiger partial charge in [0, 0.05) is 24.2 Å². The van der Waals surface area contributed by atoms with Gasteiger partial charge in [-0.1, -0.05) is 6.42 Å². The van der Waals surface area contributed by atoms with Crippen LogP contribution in [0.15, 0.2) is 12.3 Å². The summed E-state index contributed by atoms with van der Waals surface area (Å²) in [7, 11) is 2.69. The number of amides is 2. The molecule has 0 aliphatic heterocycles. The minimum atomic E-state index is -0.573. The standard InChI is InChI=1S/C20H30N4O6/c1-20(2,3)30-19(27)22-13-8-6-7-12(9-13)17(25)24-23-16-10-15(28-4)14(11-21-16)18(26)29-5/h10-13H,6-9H2,1-5H3,(H,21,23)(H,22,27)(H,24,25)/t12-,13+/m0/s1. The van der Waals surface area contributed by atoms with Crippen molar-refractivity contribution in [3.63, 3.8) is 0 Å². The highest BCUT2D eigenvalue weighted by Crippen LogP contribution is 2.25. The molecule has 10 nitrogen and oxygen atoms in total. The maximum absolute atomic E-state index is 12.6. The van der Waals surface area contributed by atoms with Gasteiger partial charge in [-0.25, -0.2) is 14.6 Å². The van der Waals surface area contributed by atoms with Gasteiger partial charge in [0.2, 0.25) is 5.91 Å². The average molecular weight is 422 g/mol. The number of nitrogens with zero attached hydrogens (tertiary/aromatic N) is 1. The molecule has 0 spiro atoms. The van der Waals surface area contributed by atoms with Gasteiger partial charge in [0.1, 0.15) is 22.7 Å². The predicted octanol–water partition coefficient (Wildman–Crippen LogP) is 2.40. The molecule has 3 N–H and O–H groups in total. The van der Waals surface area contributed by atoms with Gasteiger partial charge in [0.25, 0.3) is 0 Å². The second-order valence-electron chi connectivity index (χ2n) is 8.08. The number of aromatic nitrogens is 1. The van der Waals surface area contributed by atoms with Crippen molar-refractivity contribution in [3.8, 4) is 5.75 Å². The van der Waals surface area contributed by atoms with Gasteiger partial charge in [-0.2, -0.15) is 0 Å². The van der Waals surface area contributed by atoms with Gasteiger partial charge in [-0.3, -0.25) is 15.6 Å². The second kappa shape index (κ2) is 10.1. The first-order valence-electron chi connectivity index (χ1n) is 9.80. The summed E-state index contributed by atoms with van der Waals surface area (Å²) in [4.78, 5) is 40.3. The third kappa shape index (κ3) is 6.78. The fraction of sp³-hybridized carbons (Fsp3) is 0.600. The topological polar surface area (TPSA) is 128 Å². The molecule has 2 rings (SSSR count). The van der Waals surface area contributed by atoms with Crippen LogP contribution in [0.4, 0.5) is 10.6 Å². The van der Waals surface area contributed by atoms with Gasteiger partial charge >= 0.3 is 12.1 Å². The number of esters is 1. The number of carbonyl (C=O) groups is 3. The Morgan fingerprint density at radius 1 is 1.17 bits per heavy atom. The lowest BCUT2D eigenvalue weighted by Gasteiger charge is -2.30. The number of pyridine rings is 1. The van der Waals surface area contributed by atoms with Crippen molar-refractivity contribution < 1.29 is 28.6 Å². The van der Waals surface area contributed by atoms with Crippen LogP contribution in [0.1, 0.15) is 56.8 Å². The van der Waals surface area contributed by atoms with Crippen LogP contribution in [0.5, 0.6) is 5.75 Å². The molecule has 1 aliphatic rings. The van der Waals surface area contributed by atoms with Crippen LogP contribution in [-0.4, -0.2) is 48.8 Å². The zero-order valence-corrected chi connectivity index (χ0v) is 18.0. The van der Waals surface area contributed by atoms with Crippen molar-refractivity contribution in [2.24, 2.45) is 5.92 Å². The second-order valence-corrected chi connectivity index (χ2v) is 8.08. The lowest BCUT2D eigenvalue weighted by molar-refractivity contribution is -0.125. The molecule has 2 amide bonds. The fourth-order valence-corrected chi connectivity index (χ4v) is 3.20. The number of hydrogen-bond donors (Lipinski definition) is 3. The Labute approximate surface area is 176 Å². The van der Waals surface area contributed by atoms with Crippen LogP contribution >= 0.6 is 0 Å². The number of rotatable bonds is 6. The van der Waals surface area contributed by atoms with E-state index >= 15 is 0 Å². The van der Waals surface area contributed by atoms with Gasteiger partial charge in [0.15, 0.2) is 0 Å². The lowest BCUT2D eigenvalue weighted by Crippen LogP contribution is -2.45. The SMILES string of the molecule is COC(=O)c1cnc(NNC(=O)[C@H]2CCC[C@@H](NC(=O)OC(C)(C)C)C2)cc1OC. The van der Waals surface area contributed by atoms with Gasteiger partial charge < -0.3 is 19.5 Å². The summed E-state index contributed by atoms with van der Waals surface area (Å²) in [5.41, 5.74) is 4.97. The first-order valence-corrected chi connectivity index (χ1v) is 9.80. The van der Waals surface area contributed by atoms with E-state index in [1.54, 1.807) is 20.8 Å². The molecule has 1 aromatic rings. The molecule has 0 radical (unpaired) electrons. The molecule has 0 bridgehead atoms. The maximum atomic E-state index is 12.6. The van der Waals surface area contributed by atoms with Crippen molar-refractivity contribution in [2.75, 3.05) is 19.6 Å². The zero-order chi connectivity index (χ0) is 22.3. The average Bonchev–Trinajstić information content (AvgIpc) is 2.69. The van der Waals surface area contributed by atoms with Gasteiger partial charge in [0.05, 0.1) is 14.2 Å². The van der Waals surface area contributed by atoms with Crippen molar-refractivity contribution in [1.82, 2.24) is 15.7 Å². The highest BCUT2D eigenvalue weighted by molar-refractivity contribution is 5.92. The highest BCUT2D eigenvalue weighted by atomic mass is 16.6. The fourth-order valence-electron chi connectivity index (χ4n) is 3.20. The van der Waals surface area contributed by atoms with Crippen molar-refractivity contribution in [3.05, 3.63) is 17.8 Å². The minimum Gasteiger partial charge on any atom is -0.496 e. The summed E-state index contributed by atoms with van der Waals surface area (Å²) < 4.78 is 15.1. The Morgan fingerprint density at radius 3 is 2.53 bits per heavy atom. The van der Waals surface area contributed by atoms with E-state index in [0.717, 1.165) is 19.3 Å². The number of anilines is 1. The predicted molar refractivity (Wildman–Crippen MR) is 109 cm³/mol. The van der Waals surface area contributed by atoms with Crippen molar-refractivity contribution in [1.29, 1.82) is 0 Å². The third-order valence-electron chi connectivity index (χ3n) is 4.57. The molecule has 1 aromatic heterocycles. The van der Waals surface area contributed by atoms with E-state index in [1.165, 1.54) is 26.5 Å². The van der Waals surface area contributed by atoms with Crippen molar-refractivity contribution >= 4 is 23.8 Å². The monoisotopic (exact) mass is 422 g/mol. The van der Waals surface area contributed by atoms with E-state index in [9.17, 15) is 14.4 Å². The molecule has 166 valence electrons. The molecule has 30 heavy (non-hydrogen) atoms. The first kappa shape index (κ1) is 23.2. The van der Waals surface area contributed by atoms with Crippen LogP contribution in [0.3, 0.4) is 0 Å². The Hall–Kier alpha value is -3.04. The molecule has 10 heteroatoms.